The number of epoxide rings is 1. The van der Waals surface area contributed by atoms with Gasteiger partial charge in [0.25, 0.3) is 0 Å². The lowest BCUT2D eigenvalue weighted by molar-refractivity contribution is -0.144. The molecule has 0 saturated carbocycles. The fourth-order valence-electron chi connectivity index (χ4n) is 1.23. The second-order valence-corrected chi connectivity index (χ2v) is 2.90. The zero-order chi connectivity index (χ0) is 9.97. The molecule has 0 bridgehead atoms. The molecule has 0 spiro atoms. The van der Waals surface area contributed by atoms with Crippen molar-refractivity contribution in [3.8, 4) is 0 Å². The Morgan fingerprint density at radius 3 is 2.93 bits per heavy atom. The molecule has 14 heavy (non-hydrogen) atoms. The predicted octanol–water partition coefficient (Wildman–Crippen LogP) is 0.480. The molecule has 1 aromatic heterocycles. The van der Waals surface area contributed by atoms with Gasteiger partial charge in [0.2, 0.25) is 0 Å². The molecule has 1 aliphatic rings. The van der Waals surface area contributed by atoms with E-state index in [0.717, 1.165) is 5.56 Å². The molecular weight excluding hydrogens is 184 g/mol. The van der Waals surface area contributed by atoms with E-state index >= 15 is 0 Å². The van der Waals surface area contributed by atoms with Gasteiger partial charge in [0, 0.05) is 18.0 Å². The van der Waals surface area contributed by atoms with Gasteiger partial charge >= 0.3 is 5.97 Å². The monoisotopic (exact) mass is 194 g/mol. The molecule has 5 nitrogen and oxygen atoms in total. The molecule has 1 aromatic rings. The van der Waals surface area contributed by atoms with Crippen molar-refractivity contribution in [1.29, 1.82) is 0 Å². The van der Waals surface area contributed by atoms with E-state index in [-0.39, 0.29) is 12.1 Å². The van der Waals surface area contributed by atoms with Crippen LogP contribution in [-0.4, -0.2) is 28.6 Å². The Labute approximate surface area is 81.1 Å². The molecule has 74 valence electrons. The molecule has 0 aliphatic carbocycles. The Kier molecular flexibility index (Phi) is 2.41. The summed E-state index contributed by atoms with van der Waals surface area (Å²) in [5.41, 5.74) is 0.811. The summed E-state index contributed by atoms with van der Waals surface area (Å²) in [6.45, 7) is 2.14. The number of hydrogen-bond donors (Lipinski definition) is 0. The van der Waals surface area contributed by atoms with Gasteiger partial charge in [-0.05, 0) is 6.92 Å². The minimum Gasteiger partial charge on any atom is -0.464 e. The minimum absolute atomic E-state index is 0.227. The predicted molar refractivity (Wildman–Crippen MR) is 46.3 cm³/mol. The van der Waals surface area contributed by atoms with Crippen LogP contribution in [0.2, 0.25) is 0 Å². The number of carbonyl (C=O) groups excluding carboxylic acids is 1. The Hall–Kier alpha value is -1.49. The largest absolute Gasteiger partial charge is 0.464 e. The van der Waals surface area contributed by atoms with Crippen LogP contribution in [-0.2, 0) is 14.3 Å². The summed E-state index contributed by atoms with van der Waals surface area (Å²) in [5, 5.41) is 0. The van der Waals surface area contributed by atoms with Crippen molar-refractivity contribution in [1.82, 2.24) is 9.97 Å². The normalized spacial score (nSPS) is 24.4. The smallest absolute Gasteiger partial charge is 0.338 e. The van der Waals surface area contributed by atoms with Gasteiger partial charge in [-0.3, -0.25) is 0 Å². The first-order valence-corrected chi connectivity index (χ1v) is 4.40. The van der Waals surface area contributed by atoms with Gasteiger partial charge < -0.3 is 9.47 Å². The lowest BCUT2D eigenvalue weighted by atomic mass is 10.2. The number of aromatic nitrogens is 2. The van der Waals surface area contributed by atoms with E-state index < -0.39 is 6.10 Å². The molecule has 0 aromatic carbocycles. The number of ether oxygens (including phenoxy) is 2. The minimum atomic E-state index is -0.471. The van der Waals surface area contributed by atoms with Crippen molar-refractivity contribution in [2.45, 2.75) is 19.1 Å². The lowest BCUT2D eigenvalue weighted by Crippen LogP contribution is -2.11. The first kappa shape index (κ1) is 9.08. The first-order valence-electron chi connectivity index (χ1n) is 4.40. The summed E-state index contributed by atoms with van der Waals surface area (Å²) >= 11 is 0. The maximum absolute atomic E-state index is 11.2. The molecule has 2 heterocycles. The Balaban J connectivity index is 1.96. The molecule has 5 heteroatoms. The molecule has 1 fully saturated rings. The van der Waals surface area contributed by atoms with Crippen molar-refractivity contribution in [3.05, 3.63) is 24.3 Å². The van der Waals surface area contributed by atoms with Crippen molar-refractivity contribution >= 4 is 5.97 Å². The summed E-state index contributed by atoms with van der Waals surface area (Å²) in [6, 6.07) is 0. The Morgan fingerprint density at radius 1 is 1.57 bits per heavy atom. The average Bonchev–Trinajstić information content (AvgIpc) is 2.99. The second-order valence-electron chi connectivity index (χ2n) is 2.90. The highest BCUT2D eigenvalue weighted by molar-refractivity contribution is 5.78. The van der Waals surface area contributed by atoms with Crippen LogP contribution in [0.15, 0.2) is 18.7 Å². The van der Waals surface area contributed by atoms with Gasteiger partial charge in [-0.15, -0.1) is 0 Å². The van der Waals surface area contributed by atoms with Crippen LogP contribution in [0.4, 0.5) is 0 Å². The average molecular weight is 194 g/mol. The zero-order valence-electron chi connectivity index (χ0n) is 7.71. The van der Waals surface area contributed by atoms with Gasteiger partial charge in [0.05, 0.1) is 6.61 Å². The third-order valence-corrected chi connectivity index (χ3v) is 1.92. The SMILES string of the molecule is CCOC(=O)[C@@H]1O[C@@H]1c1cncnc1. The topological polar surface area (TPSA) is 64.6 Å². The van der Waals surface area contributed by atoms with Crippen LogP contribution in [0, 0.1) is 0 Å². The molecule has 0 radical (unpaired) electrons. The third kappa shape index (κ3) is 1.72. The van der Waals surface area contributed by atoms with Gasteiger partial charge in [0.15, 0.2) is 6.10 Å². The van der Waals surface area contributed by atoms with E-state index in [9.17, 15) is 4.79 Å². The van der Waals surface area contributed by atoms with E-state index in [2.05, 4.69) is 9.97 Å². The lowest BCUT2D eigenvalue weighted by Gasteiger charge is -1.96. The summed E-state index contributed by atoms with van der Waals surface area (Å²) in [4.78, 5) is 18.9. The number of esters is 1. The molecule has 0 unspecified atom stereocenters. The number of carbonyl (C=O) groups is 1. The van der Waals surface area contributed by atoms with Gasteiger partial charge in [-0.25, -0.2) is 14.8 Å². The maximum Gasteiger partial charge on any atom is 0.338 e. The second kappa shape index (κ2) is 3.71. The highest BCUT2D eigenvalue weighted by Gasteiger charge is 2.47. The van der Waals surface area contributed by atoms with Crippen molar-refractivity contribution in [3.63, 3.8) is 0 Å². The van der Waals surface area contributed by atoms with Gasteiger partial charge in [-0.1, -0.05) is 0 Å². The highest BCUT2D eigenvalue weighted by Crippen LogP contribution is 2.38. The van der Waals surface area contributed by atoms with Crippen LogP contribution in [0.1, 0.15) is 18.6 Å². The standard InChI is InChI=1S/C9H10N2O3/c1-2-13-9(12)8-7(14-8)6-3-10-5-11-4-6/h3-5,7-8H,2H2,1H3/t7-,8-/m1/s1. The fourth-order valence-corrected chi connectivity index (χ4v) is 1.23. The van der Waals surface area contributed by atoms with E-state index in [0.29, 0.717) is 6.61 Å². The van der Waals surface area contributed by atoms with Crippen LogP contribution >= 0.6 is 0 Å². The van der Waals surface area contributed by atoms with Crippen LogP contribution in [0.3, 0.4) is 0 Å². The van der Waals surface area contributed by atoms with Crippen molar-refractivity contribution in [2.75, 3.05) is 6.61 Å². The molecule has 1 aliphatic heterocycles. The summed E-state index contributed by atoms with van der Waals surface area (Å²) in [5.74, 6) is -0.318. The van der Waals surface area contributed by atoms with Crippen LogP contribution in [0.5, 0.6) is 0 Å². The number of rotatable bonds is 3. The number of hydrogen-bond acceptors (Lipinski definition) is 5. The van der Waals surface area contributed by atoms with E-state index in [1.165, 1.54) is 6.33 Å². The third-order valence-electron chi connectivity index (χ3n) is 1.92. The quantitative estimate of drug-likeness (QED) is 0.517. The zero-order valence-corrected chi connectivity index (χ0v) is 7.71. The van der Waals surface area contributed by atoms with E-state index in [4.69, 9.17) is 9.47 Å². The van der Waals surface area contributed by atoms with Crippen LogP contribution < -0.4 is 0 Å². The summed E-state index contributed by atoms with van der Waals surface area (Å²) in [7, 11) is 0. The Bertz CT molecular complexity index is 328. The van der Waals surface area contributed by atoms with Crippen LogP contribution in [0.25, 0.3) is 0 Å². The van der Waals surface area contributed by atoms with E-state index in [1.54, 1.807) is 19.3 Å². The van der Waals surface area contributed by atoms with E-state index in [1.807, 2.05) is 0 Å². The van der Waals surface area contributed by atoms with Gasteiger partial charge in [0.1, 0.15) is 12.4 Å². The maximum atomic E-state index is 11.2. The Morgan fingerprint density at radius 2 is 2.29 bits per heavy atom. The molecule has 2 rings (SSSR count). The fraction of sp³-hybridized carbons (Fsp3) is 0.444. The molecule has 1 saturated heterocycles. The first-order chi connectivity index (χ1) is 6.83. The molecule has 0 amide bonds. The highest BCUT2D eigenvalue weighted by atomic mass is 16.6. The summed E-state index contributed by atoms with van der Waals surface area (Å²) < 4.78 is 9.98. The van der Waals surface area contributed by atoms with Crippen molar-refractivity contribution < 1.29 is 14.3 Å². The molecule has 2 atom stereocenters. The van der Waals surface area contributed by atoms with Gasteiger partial charge in [-0.2, -0.15) is 0 Å². The summed E-state index contributed by atoms with van der Waals surface area (Å²) in [6.07, 6.45) is 4.01. The molecular formula is C9H10N2O3. The molecule has 0 N–H and O–H groups in total. The van der Waals surface area contributed by atoms with Crippen molar-refractivity contribution in [2.24, 2.45) is 0 Å². The number of nitrogens with zero attached hydrogens (tertiary/aromatic N) is 2.